The molecule has 3 aromatic rings. The first kappa shape index (κ1) is 20.5. The zero-order valence-corrected chi connectivity index (χ0v) is 18.0. The highest BCUT2D eigenvalue weighted by Gasteiger charge is 2.27. The molecule has 0 fully saturated rings. The number of thiazole rings is 1. The van der Waals surface area contributed by atoms with E-state index >= 15 is 0 Å². The molecule has 2 heterocycles. The number of aromatic amines is 1. The zero-order chi connectivity index (χ0) is 20.1. The minimum Gasteiger partial charge on any atom is -0.493 e. The van der Waals surface area contributed by atoms with E-state index in [1.54, 1.807) is 6.92 Å². The maximum atomic E-state index is 12.6. The Labute approximate surface area is 179 Å². The van der Waals surface area contributed by atoms with Gasteiger partial charge in [0.1, 0.15) is 10.9 Å². The lowest BCUT2D eigenvalue weighted by Gasteiger charge is -2.18. The molecular weight excluding hydrogens is 436 g/mol. The Morgan fingerprint density at radius 1 is 1.39 bits per heavy atom. The molecule has 0 aliphatic heterocycles. The number of hydrogen-bond donors (Lipinski definition) is 2. The van der Waals surface area contributed by atoms with E-state index in [-0.39, 0.29) is 12.5 Å². The highest BCUT2D eigenvalue weighted by atomic mass is 32.2. The van der Waals surface area contributed by atoms with Crippen molar-refractivity contribution >= 4 is 64.4 Å². The number of esters is 1. The lowest BCUT2D eigenvalue weighted by atomic mass is 10.1. The molecule has 0 saturated heterocycles. The van der Waals surface area contributed by atoms with Gasteiger partial charge in [0.15, 0.2) is 7.91 Å². The molecular formula is C17H16N4O3S4. The number of rotatable bonds is 7. The molecule has 0 aliphatic carbocycles. The van der Waals surface area contributed by atoms with Crippen LogP contribution in [0.4, 0.5) is 5.13 Å². The summed E-state index contributed by atoms with van der Waals surface area (Å²) in [6.45, 7) is 1.97. The molecule has 0 aliphatic rings. The number of benzene rings is 1. The van der Waals surface area contributed by atoms with Crippen LogP contribution in [0.5, 0.6) is 5.88 Å². The van der Waals surface area contributed by atoms with Crippen LogP contribution >= 0.6 is 47.1 Å². The lowest BCUT2D eigenvalue weighted by Crippen LogP contribution is -2.24. The molecule has 1 aromatic carbocycles. The van der Waals surface area contributed by atoms with Gasteiger partial charge in [-0.05, 0) is 36.9 Å². The average molecular weight is 453 g/mol. The molecule has 146 valence electrons. The first-order valence-electron chi connectivity index (χ1n) is 8.24. The Balaban J connectivity index is 1.96. The maximum Gasteiger partial charge on any atom is 0.329 e. The molecule has 11 heteroatoms. The van der Waals surface area contributed by atoms with E-state index in [4.69, 9.17) is 29.2 Å². The number of H-pyrrole nitrogens is 1. The van der Waals surface area contributed by atoms with Crippen molar-refractivity contribution in [1.29, 1.82) is 0 Å². The summed E-state index contributed by atoms with van der Waals surface area (Å²) in [5.41, 5.74) is 0.930. The fourth-order valence-corrected chi connectivity index (χ4v) is 4.50. The van der Waals surface area contributed by atoms with Crippen molar-refractivity contribution in [2.75, 3.05) is 6.61 Å². The summed E-state index contributed by atoms with van der Waals surface area (Å²) >= 11 is 12.7. The number of ether oxygens (including phenoxy) is 1. The van der Waals surface area contributed by atoms with E-state index in [1.807, 2.05) is 30.3 Å². The Morgan fingerprint density at radius 3 is 2.79 bits per heavy atom. The van der Waals surface area contributed by atoms with Crippen LogP contribution in [0.2, 0.25) is 0 Å². The molecule has 2 N–H and O–H groups in total. The van der Waals surface area contributed by atoms with Crippen LogP contribution in [0.3, 0.4) is 0 Å². The van der Waals surface area contributed by atoms with Gasteiger partial charge >= 0.3 is 5.97 Å². The molecule has 0 amide bonds. The average Bonchev–Trinajstić information content (AvgIpc) is 3.22. The Kier molecular flexibility index (Phi) is 6.83. The van der Waals surface area contributed by atoms with Crippen molar-refractivity contribution in [2.45, 2.75) is 19.4 Å². The number of aromatic nitrogens is 3. The topological polar surface area (TPSA) is 92.5 Å². The van der Waals surface area contributed by atoms with Gasteiger partial charge in [0, 0.05) is 6.42 Å². The number of aromatic hydroxyl groups is 1. The smallest absolute Gasteiger partial charge is 0.329 e. The maximum absolute atomic E-state index is 12.6. The normalized spacial score (nSPS) is 12.3. The second-order valence-corrected chi connectivity index (χ2v) is 8.86. The quantitative estimate of drug-likeness (QED) is 0.309. The van der Waals surface area contributed by atoms with E-state index in [0.29, 0.717) is 24.3 Å². The molecule has 0 saturated carbocycles. The number of aliphatic imine (C=N–C) groups is 1. The predicted octanol–water partition coefficient (Wildman–Crippen LogP) is 4.60. The van der Waals surface area contributed by atoms with Gasteiger partial charge in [0.25, 0.3) is 0 Å². The van der Waals surface area contributed by atoms with E-state index in [1.165, 1.54) is 22.1 Å². The highest BCUT2D eigenvalue weighted by Crippen LogP contribution is 2.31. The first-order valence-corrected chi connectivity index (χ1v) is 10.7. The van der Waals surface area contributed by atoms with Gasteiger partial charge in [0.05, 0.1) is 12.8 Å². The number of hydrogen-bond acceptors (Lipinski definition) is 9. The van der Waals surface area contributed by atoms with Crippen molar-refractivity contribution in [3.8, 4) is 5.88 Å². The Bertz CT molecular complexity index is 1100. The molecule has 0 bridgehead atoms. The molecule has 1 atom stereocenters. The number of carbonyl (C=O) groups is 1. The minimum atomic E-state index is -0.777. The number of nitrogens with zero attached hydrogens (tertiary/aromatic N) is 3. The largest absolute Gasteiger partial charge is 0.493 e. The number of nitrogens with one attached hydrogen (secondary N) is 1. The third-order valence-electron chi connectivity index (χ3n) is 3.70. The summed E-state index contributed by atoms with van der Waals surface area (Å²) in [6, 6.07) is 8.72. The van der Waals surface area contributed by atoms with Gasteiger partial charge in [-0.2, -0.15) is 0 Å². The third-order valence-corrected chi connectivity index (χ3v) is 6.03. The molecule has 0 spiro atoms. The molecule has 3 rings (SSSR count). The van der Waals surface area contributed by atoms with Gasteiger partial charge in [-0.15, -0.1) is 5.10 Å². The van der Waals surface area contributed by atoms with E-state index in [9.17, 15) is 9.90 Å². The van der Waals surface area contributed by atoms with Crippen LogP contribution in [-0.2, 0) is 16.0 Å². The van der Waals surface area contributed by atoms with Gasteiger partial charge in [0.2, 0.25) is 11.0 Å². The van der Waals surface area contributed by atoms with Crippen molar-refractivity contribution < 1.29 is 14.6 Å². The second kappa shape index (κ2) is 9.32. The van der Waals surface area contributed by atoms with Crippen LogP contribution in [0.1, 0.15) is 23.4 Å². The predicted molar refractivity (Wildman–Crippen MR) is 115 cm³/mol. The first-order chi connectivity index (χ1) is 13.5. The fourth-order valence-electron chi connectivity index (χ4n) is 2.50. The van der Waals surface area contributed by atoms with Crippen molar-refractivity contribution in [2.24, 2.45) is 4.99 Å². The molecule has 0 radical (unpaired) electrons. The van der Waals surface area contributed by atoms with Crippen molar-refractivity contribution in [3.05, 3.63) is 48.7 Å². The zero-order valence-electron chi connectivity index (χ0n) is 14.7. The lowest BCUT2D eigenvalue weighted by molar-refractivity contribution is -0.147. The molecule has 0 unspecified atom stereocenters. The van der Waals surface area contributed by atoms with E-state index in [2.05, 4.69) is 15.2 Å². The van der Waals surface area contributed by atoms with Crippen molar-refractivity contribution in [1.82, 2.24) is 14.8 Å². The Hall–Kier alpha value is -2.21. The van der Waals surface area contributed by atoms with Gasteiger partial charge in [-0.3, -0.25) is 9.67 Å². The van der Waals surface area contributed by atoms with Crippen LogP contribution in [-0.4, -0.2) is 38.7 Å². The molecule has 7 nitrogen and oxygen atoms in total. The van der Waals surface area contributed by atoms with E-state index < -0.39 is 12.0 Å². The summed E-state index contributed by atoms with van der Waals surface area (Å²) in [4.78, 5) is 17.2. The molecule has 2 aromatic heterocycles. The summed E-state index contributed by atoms with van der Waals surface area (Å²) in [5, 5.41) is 17.7. The highest BCUT2D eigenvalue weighted by molar-refractivity contribution is 7.73. The summed E-state index contributed by atoms with van der Waals surface area (Å²) < 4.78 is 7.48. The van der Waals surface area contributed by atoms with Crippen LogP contribution < -0.4 is 0 Å². The SMILES string of the molecule is CCOC(=O)[C@@H](Cc1ccccc1)n1c(O)c(C=Nc2n[nH]c(=S)s2)sc1=S. The fraction of sp³-hybridized carbons (Fsp3) is 0.235. The Morgan fingerprint density at radius 2 is 2.14 bits per heavy atom. The van der Waals surface area contributed by atoms with Gasteiger partial charge in [-0.25, -0.2) is 9.79 Å². The number of carbonyl (C=O) groups excluding carboxylic acids is 1. The summed E-state index contributed by atoms with van der Waals surface area (Å²) in [7, 11) is 0. The minimum absolute atomic E-state index is 0.133. The monoisotopic (exact) mass is 452 g/mol. The van der Waals surface area contributed by atoms with Crippen LogP contribution in [0, 0.1) is 7.91 Å². The molecule has 28 heavy (non-hydrogen) atoms. The van der Waals surface area contributed by atoms with Gasteiger partial charge in [-0.1, -0.05) is 53.0 Å². The van der Waals surface area contributed by atoms with Crippen LogP contribution in [0.15, 0.2) is 35.3 Å². The summed E-state index contributed by atoms with van der Waals surface area (Å²) in [6.07, 6.45) is 1.80. The summed E-state index contributed by atoms with van der Waals surface area (Å²) in [5.74, 6) is -0.587. The third kappa shape index (κ3) is 4.79. The van der Waals surface area contributed by atoms with Crippen molar-refractivity contribution in [3.63, 3.8) is 0 Å². The van der Waals surface area contributed by atoms with Gasteiger partial charge < -0.3 is 9.84 Å². The van der Waals surface area contributed by atoms with E-state index in [0.717, 1.165) is 16.9 Å². The standard InChI is InChI=1S/C17H16N4O3S4/c1-2-24-14(23)11(8-10-6-4-3-5-7-10)21-13(22)12(27-17(21)26)9-18-15-19-20-16(25)28-15/h3-7,9,11,22H,2,8H2,1H3,(H,20,25)/t11-/m1/s1. The van der Waals surface area contributed by atoms with Crippen LogP contribution in [0.25, 0.3) is 0 Å². The second-order valence-electron chi connectivity index (χ2n) is 5.54.